The molecule has 0 radical (unpaired) electrons. The summed E-state index contributed by atoms with van der Waals surface area (Å²) in [5, 5.41) is 8.87. The number of hydrogen-bond donors (Lipinski definition) is 1. The molecule has 0 saturated carbocycles. The van der Waals surface area contributed by atoms with Crippen molar-refractivity contribution in [2.75, 3.05) is 0 Å². The highest BCUT2D eigenvalue weighted by Crippen LogP contribution is 2.20. The molecule has 0 unspecified atom stereocenters. The normalized spacial score (nSPS) is 10.4. The first-order valence-electron chi connectivity index (χ1n) is 4.16. The zero-order valence-corrected chi connectivity index (χ0v) is 9.04. The fourth-order valence-corrected chi connectivity index (χ4v) is 1.03. The molecule has 0 aromatic carbocycles. The van der Waals surface area contributed by atoms with Crippen molar-refractivity contribution in [3.05, 3.63) is 30.1 Å². The average molecular weight is 216 g/mol. The van der Waals surface area contributed by atoms with Gasteiger partial charge in [-0.25, -0.2) is 0 Å². The number of aliphatic carboxylic acids is 1. The third-order valence-corrected chi connectivity index (χ3v) is 1.93. The second kappa shape index (κ2) is 4.96. The van der Waals surface area contributed by atoms with Crippen molar-refractivity contribution in [1.29, 1.82) is 0 Å². The molecule has 1 aromatic heterocycles. The molecule has 0 bridgehead atoms. The number of hydrogen-bond acceptors (Lipinski definition) is 2. The van der Waals surface area contributed by atoms with Crippen LogP contribution >= 0.6 is 12.4 Å². The van der Waals surface area contributed by atoms with E-state index in [4.69, 9.17) is 5.11 Å². The predicted molar refractivity (Wildman–Crippen MR) is 56.6 cm³/mol. The third kappa shape index (κ3) is 3.34. The van der Waals surface area contributed by atoms with Gasteiger partial charge in [-0.3, -0.25) is 9.78 Å². The molecule has 14 heavy (non-hydrogen) atoms. The van der Waals surface area contributed by atoms with E-state index in [-0.39, 0.29) is 12.4 Å². The van der Waals surface area contributed by atoms with Gasteiger partial charge in [-0.05, 0) is 26.0 Å². The lowest BCUT2D eigenvalue weighted by Gasteiger charge is -2.17. The maximum absolute atomic E-state index is 10.8. The molecule has 4 heteroatoms. The largest absolute Gasteiger partial charge is 0.481 e. The topological polar surface area (TPSA) is 50.2 Å². The summed E-state index contributed by atoms with van der Waals surface area (Å²) in [6.07, 6.45) is 2.14. The summed E-state index contributed by atoms with van der Waals surface area (Å²) >= 11 is 0. The lowest BCUT2D eigenvalue weighted by atomic mass is 9.88. The van der Waals surface area contributed by atoms with Gasteiger partial charge in [-0.1, -0.05) is 6.07 Å². The molecule has 0 aliphatic heterocycles. The standard InChI is InChI=1S/C10H13NO2.ClH/c1-10(2,9(12)13)7-8-5-3-4-6-11-8;/h3-6H,7H2,1-2H3,(H,12,13);1H. The van der Waals surface area contributed by atoms with Gasteiger partial charge in [0.1, 0.15) is 0 Å². The zero-order chi connectivity index (χ0) is 9.90. The Morgan fingerprint density at radius 2 is 2.14 bits per heavy atom. The van der Waals surface area contributed by atoms with Crippen molar-refractivity contribution < 1.29 is 9.90 Å². The molecule has 0 atom stereocenters. The van der Waals surface area contributed by atoms with E-state index in [9.17, 15) is 4.79 Å². The van der Waals surface area contributed by atoms with E-state index in [1.165, 1.54) is 0 Å². The second-order valence-corrected chi connectivity index (χ2v) is 3.69. The number of carboxylic acids is 1. The van der Waals surface area contributed by atoms with Crippen molar-refractivity contribution in [3.8, 4) is 0 Å². The Balaban J connectivity index is 0.00000169. The maximum atomic E-state index is 10.8. The first-order valence-corrected chi connectivity index (χ1v) is 4.16. The third-order valence-electron chi connectivity index (χ3n) is 1.93. The van der Waals surface area contributed by atoms with Crippen LogP contribution in [-0.2, 0) is 11.2 Å². The summed E-state index contributed by atoms with van der Waals surface area (Å²) in [5.74, 6) is -0.793. The van der Waals surface area contributed by atoms with Gasteiger partial charge in [0.05, 0.1) is 5.41 Å². The van der Waals surface area contributed by atoms with Gasteiger partial charge in [0.2, 0.25) is 0 Å². The predicted octanol–water partition coefficient (Wildman–Crippen LogP) is 2.16. The number of carbonyl (C=O) groups is 1. The van der Waals surface area contributed by atoms with E-state index in [2.05, 4.69) is 4.98 Å². The number of rotatable bonds is 3. The first-order chi connectivity index (χ1) is 6.02. The quantitative estimate of drug-likeness (QED) is 0.841. The summed E-state index contributed by atoms with van der Waals surface area (Å²) < 4.78 is 0. The number of aromatic nitrogens is 1. The number of carboxylic acid groups (broad SMARTS) is 1. The summed E-state index contributed by atoms with van der Waals surface area (Å²) in [5.41, 5.74) is 0.0730. The van der Waals surface area contributed by atoms with Crippen LogP contribution in [0.25, 0.3) is 0 Å². The molecule has 0 aliphatic carbocycles. The lowest BCUT2D eigenvalue weighted by Crippen LogP contribution is -2.26. The van der Waals surface area contributed by atoms with Gasteiger partial charge in [0.15, 0.2) is 0 Å². The van der Waals surface area contributed by atoms with Gasteiger partial charge in [-0.2, -0.15) is 0 Å². The van der Waals surface area contributed by atoms with Crippen molar-refractivity contribution in [3.63, 3.8) is 0 Å². The molecular formula is C10H14ClNO2. The molecule has 1 rings (SSSR count). The molecule has 0 aliphatic rings. The Hall–Kier alpha value is -1.09. The van der Waals surface area contributed by atoms with Crippen LogP contribution in [0.1, 0.15) is 19.5 Å². The van der Waals surface area contributed by atoms with Gasteiger partial charge in [0, 0.05) is 18.3 Å². The van der Waals surface area contributed by atoms with Crippen molar-refractivity contribution in [2.45, 2.75) is 20.3 Å². The molecule has 0 amide bonds. The van der Waals surface area contributed by atoms with E-state index in [1.54, 1.807) is 20.0 Å². The number of pyridine rings is 1. The van der Waals surface area contributed by atoms with Crippen LogP contribution in [0.4, 0.5) is 0 Å². The van der Waals surface area contributed by atoms with Gasteiger partial charge >= 0.3 is 5.97 Å². The van der Waals surface area contributed by atoms with Gasteiger partial charge in [-0.15, -0.1) is 12.4 Å². The molecule has 0 spiro atoms. The molecule has 0 saturated heterocycles. The molecule has 1 N–H and O–H groups in total. The first kappa shape index (κ1) is 12.9. The molecule has 1 heterocycles. The summed E-state index contributed by atoms with van der Waals surface area (Å²) in [6, 6.07) is 5.52. The van der Waals surface area contributed by atoms with E-state index in [0.717, 1.165) is 5.69 Å². The Labute approximate surface area is 89.6 Å². The number of halogens is 1. The molecule has 0 fully saturated rings. The SMILES string of the molecule is CC(C)(Cc1ccccn1)C(=O)O.Cl. The fourth-order valence-electron chi connectivity index (χ4n) is 1.03. The number of nitrogens with zero attached hydrogens (tertiary/aromatic N) is 1. The fraction of sp³-hybridized carbons (Fsp3) is 0.400. The van der Waals surface area contributed by atoms with Crippen LogP contribution in [0.2, 0.25) is 0 Å². The monoisotopic (exact) mass is 215 g/mol. The van der Waals surface area contributed by atoms with Crippen LogP contribution in [0, 0.1) is 5.41 Å². The molecular weight excluding hydrogens is 202 g/mol. The second-order valence-electron chi connectivity index (χ2n) is 3.69. The molecule has 78 valence electrons. The molecule has 3 nitrogen and oxygen atoms in total. The van der Waals surface area contributed by atoms with Crippen LogP contribution in [0.5, 0.6) is 0 Å². The maximum Gasteiger partial charge on any atom is 0.309 e. The van der Waals surface area contributed by atoms with Crippen LogP contribution in [0.15, 0.2) is 24.4 Å². The average Bonchev–Trinajstić information content (AvgIpc) is 2.05. The lowest BCUT2D eigenvalue weighted by molar-refractivity contribution is -0.146. The highest BCUT2D eigenvalue weighted by atomic mass is 35.5. The summed E-state index contributed by atoms with van der Waals surface area (Å²) in [6.45, 7) is 3.40. The van der Waals surface area contributed by atoms with Crippen molar-refractivity contribution in [2.24, 2.45) is 5.41 Å². The Kier molecular flexibility index (Phi) is 4.57. The smallest absolute Gasteiger partial charge is 0.309 e. The Bertz CT molecular complexity index is 298. The highest BCUT2D eigenvalue weighted by Gasteiger charge is 2.27. The van der Waals surface area contributed by atoms with E-state index in [1.807, 2.05) is 18.2 Å². The minimum atomic E-state index is -0.793. The Morgan fingerprint density at radius 1 is 1.50 bits per heavy atom. The molecule has 1 aromatic rings. The van der Waals surface area contributed by atoms with Gasteiger partial charge < -0.3 is 5.11 Å². The van der Waals surface area contributed by atoms with Crippen molar-refractivity contribution >= 4 is 18.4 Å². The summed E-state index contributed by atoms with van der Waals surface area (Å²) in [7, 11) is 0. The minimum absolute atomic E-state index is 0. The minimum Gasteiger partial charge on any atom is -0.481 e. The van der Waals surface area contributed by atoms with E-state index >= 15 is 0 Å². The van der Waals surface area contributed by atoms with E-state index in [0.29, 0.717) is 6.42 Å². The van der Waals surface area contributed by atoms with E-state index < -0.39 is 11.4 Å². The highest BCUT2D eigenvalue weighted by molar-refractivity contribution is 5.85. The van der Waals surface area contributed by atoms with Crippen LogP contribution in [-0.4, -0.2) is 16.1 Å². The van der Waals surface area contributed by atoms with Crippen LogP contribution < -0.4 is 0 Å². The Morgan fingerprint density at radius 3 is 2.57 bits per heavy atom. The van der Waals surface area contributed by atoms with Crippen LogP contribution in [0.3, 0.4) is 0 Å². The van der Waals surface area contributed by atoms with Crippen molar-refractivity contribution in [1.82, 2.24) is 4.98 Å². The van der Waals surface area contributed by atoms with Gasteiger partial charge in [0.25, 0.3) is 0 Å². The zero-order valence-electron chi connectivity index (χ0n) is 8.23. The summed E-state index contributed by atoms with van der Waals surface area (Å²) in [4.78, 5) is 14.9.